The zero-order valence-electron chi connectivity index (χ0n) is 19.6. The van der Waals surface area contributed by atoms with Crippen LogP contribution >= 0.6 is 0 Å². The van der Waals surface area contributed by atoms with Gasteiger partial charge in [0, 0.05) is 11.8 Å². The van der Waals surface area contributed by atoms with E-state index in [-0.39, 0.29) is 34.7 Å². The molecule has 0 aliphatic heterocycles. The predicted molar refractivity (Wildman–Crippen MR) is 121 cm³/mol. The minimum Gasteiger partial charge on any atom is -0.508 e. The maximum absolute atomic E-state index is 12.0. The number of carbonyl (C=O) groups is 1. The predicted octanol–water partition coefficient (Wildman–Crippen LogP) is 5.95. The van der Waals surface area contributed by atoms with Crippen LogP contribution in [0.2, 0.25) is 0 Å². The molecule has 0 saturated heterocycles. The number of phenols is 2. The Morgan fingerprint density at radius 3 is 1.53 bits per heavy atom. The van der Waals surface area contributed by atoms with Gasteiger partial charge in [0.1, 0.15) is 11.5 Å². The Hall–Kier alpha value is -2.49. The van der Waals surface area contributed by atoms with Crippen LogP contribution in [0.5, 0.6) is 11.5 Å². The maximum atomic E-state index is 12.0. The molecule has 30 heavy (non-hydrogen) atoms. The number of benzene rings is 2. The summed E-state index contributed by atoms with van der Waals surface area (Å²) in [6.45, 7) is 14.5. The summed E-state index contributed by atoms with van der Waals surface area (Å²) in [4.78, 5) is 12.0. The van der Waals surface area contributed by atoms with Crippen molar-refractivity contribution in [3.05, 3.63) is 58.7 Å². The Morgan fingerprint density at radius 1 is 0.800 bits per heavy atom. The number of hydrogen-bond acceptors (Lipinski definition) is 4. The summed E-state index contributed by atoms with van der Waals surface area (Å²) < 4.78 is 4.89. The molecule has 0 unspecified atom stereocenters. The average Bonchev–Trinajstić information content (AvgIpc) is 2.64. The second-order valence-corrected chi connectivity index (χ2v) is 10.4. The minimum atomic E-state index is -0.504. The van der Waals surface area contributed by atoms with Crippen molar-refractivity contribution >= 4 is 5.97 Å². The van der Waals surface area contributed by atoms with Gasteiger partial charge in [-0.25, -0.2) is 0 Å². The third-order valence-corrected chi connectivity index (χ3v) is 5.94. The van der Waals surface area contributed by atoms with Crippen molar-refractivity contribution in [2.24, 2.45) is 0 Å². The smallest absolute Gasteiger partial charge is 0.305 e. The van der Waals surface area contributed by atoms with Crippen LogP contribution in [-0.4, -0.2) is 23.3 Å². The van der Waals surface area contributed by atoms with Gasteiger partial charge in [-0.2, -0.15) is 0 Å². The number of aromatic hydroxyl groups is 2. The third kappa shape index (κ3) is 4.97. The first-order valence-corrected chi connectivity index (χ1v) is 10.4. The zero-order chi connectivity index (χ0) is 22.9. The summed E-state index contributed by atoms with van der Waals surface area (Å²) in [6, 6.07) is 11.4. The summed E-state index contributed by atoms with van der Waals surface area (Å²) in [5, 5.41) is 20.9. The molecule has 0 spiro atoms. The summed E-state index contributed by atoms with van der Waals surface area (Å²) in [6.07, 6.45) is 0.812. The van der Waals surface area contributed by atoms with Crippen LogP contribution in [0.1, 0.15) is 83.6 Å². The van der Waals surface area contributed by atoms with Crippen molar-refractivity contribution in [2.75, 3.05) is 7.11 Å². The van der Waals surface area contributed by atoms with E-state index in [1.807, 2.05) is 24.3 Å². The molecule has 0 atom stereocenters. The first-order valence-electron chi connectivity index (χ1n) is 10.4. The van der Waals surface area contributed by atoms with Crippen LogP contribution in [0.3, 0.4) is 0 Å². The highest BCUT2D eigenvalue weighted by Crippen LogP contribution is 2.43. The molecule has 4 nitrogen and oxygen atoms in total. The van der Waals surface area contributed by atoms with E-state index in [1.54, 1.807) is 12.1 Å². The number of ether oxygens (including phenoxy) is 1. The van der Waals surface area contributed by atoms with E-state index in [0.717, 1.165) is 22.3 Å². The normalized spacial score (nSPS) is 12.7. The van der Waals surface area contributed by atoms with Gasteiger partial charge < -0.3 is 14.9 Å². The van der Waals surface area contributed by atoms with Gasteiger partial charge in [-0.1, -0.05) is 72.7 Å². The Bertz CT molecular complexity index is 850. The molecule has 2 aromatic carbocycles. The molecule has 2 N–H and O–H groups in total. The number of hydrogen-bond donors (Lipinski definition) is 2. The highest BCUT2D eigenvalue weighted by molar-refractivity contribution is 5.69. The molecule has 0 bridgehead atoms. The molecule has 2 aromatic rings. The van der Waals surface area contributed by atoms with Crippen LogP contribution < -0.4 is 0 Å². The van der Waals surface area contributed by atoms with Crippen molar-refractivity contribution in [3.63, 3.8) is 0 Å². The lowest BCUT2D eigenvalue weighted by molar-refractivity contribution is -0.140. The molecule has 0 aliphatic rings. The fourth-order valence-corrected chi connectivity index (χ4v) is 3.87. The largest absolute Gasteiger partial charge is 0.508 e. The number of rotatable bonds is 5. The second-order valence-electron chi connectivity index (χ2n) is 10.4. The lowest BCUT2D eigenvalue weighted by Crippen LogP contribution is -2.27. The fourth-order valence-electron chi connectivity index (χ4n) is 3.87. The molecule has 0 radical (unpaired) electrons. The molecule has 4 heteroatoms. The molecule has 0 aliphatic carbocycles. The van der Waals surface area contributed by atoms with Gasteiger partial charge >= 0.3 is 5.97 Å². The standard InChI is InChI=1S/C26H36O4/c1-24(2,3)19-15-17(9-11-21(19)27)26(7,14-13-23(29)30-8)18-10-12-22(28)20(16-18)25(4,5)6/h9-12,15-16,27-28H,13-14H2,1-8H3. The van der Waals surface area contributed by atoms with Crippen LogP contribution in [0.25, 0.3) is 0 Å². The Morgan fingerprint density at radius 2 is 1.20 bits per heavy atom. The van der Waals surface area contributed by atoms with E-state index in [4.69, 9.17) is 4.74 Å². The van der Waals surface area contributed by atoms with Gasteiger partial charge in [-0.15, -0.1) is 0 Å². The van der Waals surface area contributed by atoms with E-state index < -0.39 is 5.41 Å². The van der Waals surface area contributed by atoms with Gasteiger partial charge in [0.05, 0.1) is 7.11 Å². The van der Waals surface area contributed by atoms with Crippen LogP contribution in [0, 0.1) is 0 Å². The van der Waals surface area contributed by atoms with Gasteiger partial charge in [-0.05, 0) is 51.6 Å². The number of carbonyl (C=O) groups excluding carboxylic acids is 1. The van der Waals surface area contributed by atoms with E-state index in [2.05, 4.69) is 48.5 Å². The highest BCUT2D eigenvalue weighted by Gasteiger charge is 2.33. The van der Waals surface area contributed by atoms with Gasteiger partial charge in [-0.3, -0.25) is 4.79 Å². The summed E-state index contributed by atoms with van der Waals surface area (Å²) in [5.74, 6) is 0.274. The van der Waals surface area contributed by atoms with Crippen LogP contribution in [-0.2, 0) is 25.8 Å². The van der Waals surface area contributed by atoms with E-state index in [9.17, 15) is 15.0 Å². The topological polar surface area (TPSA) is 66.8 Å². The zero-order valence-corrected chi connectivity index (χ0v) is 19.6. The molecular weight excluding hydrogens is 376 g/mol. The Balaban J connectivity index is 2.71. The van der Waals surface area contributed by atoms with Crippen LogP contribution in [0.15, 0.2) is 36.4 Å². The second kappa shape index (κ2) is 8.33. The first-order chi connectivity index (χ1) is 13.7. The quantitative estimate of drug-likeness (QED) is 0.595. The number of esters is 1. The maximum Gasteiger partial charge on any atom is 0.305 e. The molecule has 0 saturated carbocycles. The fraction of sp³-hybridized carbons (Fsp3) is 0.500. The van der Waals surface area contributed by atoms with Gasteiger partial charge in [0.25, 0.3) is 0 Å². The van der Waals surface area contributed by atoms with Crippen molar-refractivity contribution in [1.82, 2.24) is 0 Å². The molecule has 0 aromatic heterocycles. The van der Waals surface area contributed by atoms with Crippen molar-refractivity contribution in [2.45, 2.75) is 77.6 Å². The molecule has 0 amide bonds. The van der Waals surface area contributed by atoms with E-state index >= 15 is 0 Å². The lowest BCUT2D eigenvalue weighted by Gasteiger charge is -2.34. The average molecular weight is 413 g/mol. The molecule has 2 rings (SSSR count). The molecule has 0 heterocycles. The lowest BCUT2D eigenvalue weighted by atomic mass is 9.70. The molecule has 0 fully saturated rings. The summed E-state index contributed by atoms with van der Waals surface area (Å²) in [5.41, 5.74) is 2.79. The Kier molecular flexibility index (Phi) is 6.60. The van der Waals surface area contributed by atoms with Crippen molar-refractivity contribution in [3.8, 4) is 11.5 Å². The Labute approximate surface area is 180 Å². The van der Waals surface area contributed by atoms with Gasteiger partial charge in [0.2, 0.25) is 0 Å². The van der Waals surface area contributed by atoms with Gasteiger partial charge in [0.15, 0.2) is 0 Å². The third-order valence-electron chi connectivity index (χ3n) is 5.94. The van der Waals surface area contributed by atoms with E-state index in [0.29, 0.717) is 6.42 Å². The van der Waals surface area contributed by atoms with Crippen molar-refractivity contribution in [1.29, 1.82) is 0 Å². The SMILES string of the molecule is COC(=O)CCC(C)(c1ccc(O)c(C(C)(C)C)c1)c1ccc(O)c(C(C)(C)C)c1. The van der Waals surface area contributed by atoms with Crippen LogP contribution in [0.4, 0.5) is 0 Å². The first kappa shape index (κ1) is 23.8. The number of methoxy groups -OCH3 is 1. The van der Waals surface area contributed by atoms with Crippen molar-refractivity contribution < 1.29 is 19.7 Å². The molecular formula is C26H36O4. The highest BCUT2D eigenvalue weighted by atomic mass is 16.5. The summed E-state index contributed by atoms with van der Waals surface area (Å²) >= 11 is 0. The minimum absolute atomic E-state index is 0.227. The van der Waals surface area contributed by atoms with E-state index in [1.165, 1.54) is 7.11 Å². The summed E-state index contributed by atoms with van der Waals surface area (Å²) in [7, 11) is 1.40. The molecule has 164 valence electrons. The number of phenolic OH excluding ortho intramolecular Hbond substituents is 2. The monoisotopic (exact) mass is 412 g/mol.